The molecule has 122 valence electrons. The second kappa shape index (κ2) is 9.65. The van der Waals surface area contributed by atoms with E-state index in [1.165, 1.54) is 19.3 Å². The molecular weight excluding hydrogens is 919 g/mol. The van der Waals surface area contributed by atoms with Gasteiger partial charge in [0.15, 0.2) is 2.14 Å². The summed E-state index contributed by atoms with van der Waals surface area (Å²) < 4.78 is -2.27. The molecule has 0 aliphatic rings. The maximum Gasteiger partial charge on any atom is 0.162 e. The third-order valence-electron chi connectivity index (χ3n) is 2.62. The summed E-state index contributed by atoms with van der Waals surface area (Å²) in [4.78, 5) is 0.199. The predicted molar refractivity (Wildman–Crippen MR) is 128 cm³/mol. The molecule has 0 radical (unpaired) electrons. The fraction of sp³-hybridized carbons (Fsp3) is 1.00. The van der Waals surface area contributed by atoms with E-state index in [1.807, 2.05) is 0 Å². The summed E-state index contributed by atoms with van der Waals surface area (Å²) in [5, 5.41) is 0. The Morgan fingerprint density at radius 3 is 1.55 bits per heavy atom. The molecule has 0 aliphatic carbocycles. The first kappa shape index (κ1) is 24.8. The number of unbranched alkanes of at least 4 members (excludes halogenated alkanes) is 2. The van der Waals surface area contributed by atoms with Gasteiger partial charge in [0.2, 0.25) is 0 Å². The number of halogens is 10. The van der Waals surface area contributed by atoms with Crippen LogP contribution in [0.25, 0.3) is 0 Å². The highest BCUT2D eigenvalue weighted by molar-refractivity contribution is 9.42. The van der Waals surface area contributed by atoms with Gasteiger partial charge in [-0.1, -0.05) is 185 Å². The largest absolute Gasteiger partial charge is 0.162 e. The molecule has 0 spiro atoms. The third-order valence-corrected chi connectivity index (χ3v) is 21.3. The maximum absolute atomic E-state index is 3.80. The van der Waals surface area contributed by atoms with E-state index in [4.69, 9.17) is 0 Å². The van der Waals surface area contributed by atoms with Gasteiger partial charge < -0.3 is 0 Å². The van der Waals surface area contributed by atoms with Crippen molar-refractivity contribution in [1.82, 2.24) is 0 Å². The zero-order valence-electron chi connectivity index (χ0n) is 10.2. The molecule has 0 nitrogen and oxygen atoms in total. The molecule has 0 aromatic rings. The van der Waals surface area contributed by atoms with E-state index in [0.717, 1.165) is 6.42 Å². The number of alkyl halides is 10. The molecule has 1 atom stereocenters. The molecule has 1 unspecified atom stereocenters. The molecule has 10 heteroatoms. The van der Waals surface area contributed by atoms with Crippen LogP contribution in [0.2, 0.25) is 0 Å². The minimum absolute atomic E-state index is 0.199. The monoisotopic (exact) mass is 921 g/mol. The Morgan fingerprint density at radius 1 is 0.750 bits per heavy atom. The van der Waals surface area contributed by atoms with Crippen LogP contribution in [0.3, 0.4) is 0 Å². The highest BCUT2D eigenvalue weighted by Crippen LogP contribution is 2.69. The summed E-state index contributed by atoms with van der Waals surface area (Å²) in [6, 6.07) is 0. The van der Waals surface area contributed by atoms with E-state index in [2.05, 4.69) is 166 Å². The minimum atomic E-state index is -0.621. The molecule has 0 aromatic carbocycles. The van der Waals surface area contributed by atoms with E-state index in [1.54, 1.807) is 0 Å². The quantitative estimate of drug-likeness (QED) is 0.176. The maximum atomic E-state index is 3.80. The Balaban J connectivity index is 5.25. The van der Waals surface area contributed by atoms with E-state index in [-0.39, 0.29) is 4.83 Å². The van der Waals surface area contributed by atoms with Gasteiger partial charge in [0.1, 0.15) is 9.70 Å². The lowest BCUT2D eigenvalue weighted by Gasteiger charge is -2.48. The summed E-state index contributed by atoms with van der Waals surface area (Å²) in [7, 11) is 0. The van der Waals surface area contributed by atoms with Crippen LogP contribution >= 0.6 is 159 Å². The van der Waals surface area contributed by atoms with Crippen LogP contribution in [0.1, 0.15) is 32.6 Å². The van der Waals surface area contributed by atoms with Gasteiger partial charge in [-0.2, -0.15) is 0 Å². The van der Waals surface area contributed by atoms with Gasteiger partial charge in [-0.25, -0.2) is 0 Å². The van der Waals surface area contributed by atoms with Crippen LogP contribution in [0, 0.1) is 0 Å². The Hall–Kier alpha value is 4.80. The van der Waals surface area contributed by atoms with Crippen LogP contribution in [0.4, 0.5) is 0 Å². The normalized spacial score (nSPS) is 16.4. The predicted octanol–water partition coefficient (Wildman–Crippen LogP) is 9.63. The van der Waals surface area contributed by atoms with Crippen LogP contribution < -0.4 is 0 Å². The zero-order chi connectivity index (χ0) is 16.4. The fourth-order valence-electron chi connectivity index (χ4n) is 1.34. The molecule has 0 aliphatic heterocycles. The molecule has 0 saturated heterocycles. The second-order valence-electron chi connectivity index (χ2n) is 4.23. The van der Waals surface area contributed by atoms with Gasteiger partial charge in [-0.15, -0.1) is 0 Å². The average molecular weight is 931 g/mol. The van der Waals surface area contributed by atoms with Gasteiger partial charge in [0.05, 0.1) is 0 Å². The van der Waals surface area contributed by atoms with Gasteiger partial charge in [0, 0.05) is 4.83 Å². The van der Waals surface area contributed by atoms with Gasteiger partial charge in [-0.05, 0) is 6.42 Å². The lowest BCUT2D eigenvalue weighted by molar-refractivity contribution is 0.597. The molecule has 0 amide bonds. The topological polar surface area (TPSA) is 0 Å². The molecule has 0 aromatic heterocycles. The summed E-state index contributed by atoms with van der Waals surface area (Å²) in [5.41, 5.74) is 0. The third kappa shape index (κ3) is 5.92. The highest BCUT2D eigenvalue weighted by Gasteiger charge is 2.66. The second-order valence-corrected chi connectivity index (χ2v) is 22.6. The summed E-state index contributed by atoms with van der Waals surface area (Å²) in [5.74, 6) is 0. The lowest BCUT2D eigenvalue weighted by Crippen LogP contribution is -2.56. The van der Waals surface area contributed by atoms with Gasteiger partial charge >= 0.3 is 0 Å². The van der Waals surface area contributed by atoms with E-state index < -0.39 is 11.8 Å². The first-order chi connectivity index (χ1) is 8.73. The Bertz CT molecular complexity index is 306. The van der Waals surface area contributed by atoms with Crippen molar-refractivity contribution in [3.05, 3.63) is 0 Å². The molecule has 0 saturated carbocycles. The van der Waals surface area contributed by atoms with Crippen LogP contribution in [0.15, 0.2) is 0 Å². The van der Waals surface area contributed by atoms with Gasteiger partial charge in [0.25, 0.3) is 0 Å². The summed E-state index contributed by atoms with van der Waals surface area (Å²) in [6.45, 7) is 2.20. The number of rotatable bonds is 7. The summed E-state index contributed by atoms with van der Waals surface area (Å²) in [6.07, 6.45) is 4.64. The number of hydrogen-bond acceptors (Lipinski definition) is 0. The van der Waals surface area contributed by atoms with E-state index in [9.17, 15) is 0 Å². The van der Waals surface area contributed by atoms with Crippen LogP contribution in [-0.4, -0.2) is 16.7 Å². The van der Waals surface area contributed by atoms with Crippen molar-refractivity contribution in [1.29, 1.82) is 0 Å². The summed E-state index contributed by atoms with van der Waals surface area (Å²) >= 11 is 37.1. The number of hydrogen-bond donors (Lipinski definition) is 0. The van der Waals surface area contributed by atoms with Gasteiger partial charge in [-0.3, -0.25) is 0 Å². The molecule has 0 rings (SSSR count). The van der Waals surface area contributed by atoms with Crippen molar-refractivity contribution in [3.8, 4) is 0 Å². The van der Waals surface area contributed by atoms with E-state index in [0.29, 0.717) is 0 Å². The van der Waals surface area contributed by atoms with Crippen molar-refractivity contribution in [2.75, 3.05) is 0 Å². The minimum Gasteiger partial charge on any atom is -0.0865 e. The first-order valence-electron chi connectivity index (χ1n) is 5.57. The lowest BCUT2D eigenvalue weighted by atomic mass is 10.1. The van der Waals surface area contributed by atoms with Crippen molar-refractivity contribution >= 4 is 159 Å². The van der Waals surface area contributed by atoms with E-state index >= 15 is 0 Å². The van der Waals surface area contributed by atoms with Crippen LogP contribution in [0.5, 0.6) is 0 Å². The first-order valence-corrected chi connectivity index (χ1v) is 13.6. The van der Waals surface area contributed by atoms with Crippen LogP contribution in [-0.2, 0) is 0 Å². The SMILES string of the molecule is CCCCCC(Br)C(Br)(Br)C(Br)(Br)C(Br)(Br)C(Br)(Br)Br. The average Bonchev–Trinajstić information content (AvgIpc) is 2.27. The zero-order valence-corrected chi connectivity index (χ0v) is 26.0. The van der Waals surface area contributed by atoms with Crippen molar-refractivity contribution in [3.63, 3.8) is 0 Å². The molecule has 0 bridgehead atoms. The smallest absolute Gasteiger partial charge is 0.0865 e. The highest BCUT2D eigenvalue weighted by atomic mass is 80.0. The molecule has 20 heavy (non-hydrogen) atoms. The molecule has 0 N–H and O–H groups in total. The Labute approximate surface area is 205 Å². The standard InChI is InChI=1S/C10H12Br10/c1-2-3-4-5-6(11)7(12,13)8(14,15)9(16,17)10(18,19)20/h6H,2-5H2,1H3. The van der Waals surface area contributed by atoms with Crippen molar-refractivity contribution in [2.24, 2.45) is 0 Å². The fourth-order valence-corrected chi connectivity index (χ4v) is 9.00. The van der Waals surface area contributed by atoms with Crippen molar-refractivity contribution < 1.29 is 0 Å². The van der Waals surface area contributed by atoms with Crippen molar-refractivity contribution in [2.45, 2.75) is 49.3 Å². The molecule has 0 fully saturated rings. The Morgan fingerprint density at radius 2 is 1.20 bits per heavy atom. The molecule has 0 heterocycles. The molecular formula is C10H12Br10. The Kier molecular flexibility index (Phi) is 12.0.